The van der Waals surface area contributed by atoms with Gasteiger partial charge in [-0.2, -0.15) is 0 Å². The van der Waals surface area contributed by atoms with Gasteiger partial charge in [0.05, 0.1) is 17.0 Å². The Morgan fingerprint density at radius 1 is 1.03 bits per heavy atom. The van der Waals surface area contributed by atoms with E-state index in [1.807, 2.05) is 24.3 Å². The highest BCUT2D eigenvalue weighted by atomic mass is 79.9. The molecule has 1 aliphatic rings. The highest BCUT2D eigenvalue weighted by molar-refractivity contribution is 9.10. The number of amides is 1. The fourth-order valence-electron chi connectivity index (χ4n) is 3.67. The lowest BCUT2D eigenvalue weighted by Crippen LogP contribution is -2.30. The zero-order chi connectivity index (χ0) is 20.1. The van der Waals surface area contributed by atoms with E-state index in [2.05, 4.69) is 20.9 Å². The van der Waals surface area contributed by atoms with Crippen LogP contribution in [0.3, 0.4) is 0 Å². The molecule has 3 heterocycles. The van der Waals surface area contributed by atoms with Crippen molar-refractivity contribution in [2.75, 3.05) is 4.90 Å². The zero-order valence-electron chi connectivity index (χ0n) is 14.8. The van der Waals surface area contributed by atoms with Crippen molar-refractivity contribution in [3.63, 3.8) is 0 Å². The molecule has 0 aliphatic carbocycles. The molecule has 0 spiro atoms. The molecule has 142 valence electrons. The van der Waals surface area contributed by atoms with Crippen LogP contribution in [0, 0.1) is 0 Å². The summed E-state index contributed by atoms with van der Waals surface area (Å²) in [5.41, 5.74) is 1.10. The number of nitrogens with zero attached hydrogens (tertiary/aromatic N) is 2. The molecule has 0 fully saturated rings. The van der Waals surface area contributed by atoms with E-state index < -0.39 is 11.9 Å². The monoisotopic (exact) mass is 466 g/mol. The first-order valence-electron chi connectivity index (χ1n) is 8.81. The Morgan fingerprint density at radius 2 is 1.90 bits per heavy atom. The Kier molecular flexibility index (Phi) is 4.26. The number of hydrogen-bond acceptors (Lipinski definition) is 4. The number of benzene rings is 2. The van der Waals surface area contributed by atoms with Gasteiger partial charge in [0, 0.05) is 15.7 Å². The molecule has 2 aromatic carbocycles. The van der Waals surface area contributed by atoms with E-state index in [9.17, 15) is 9.59 Å². The largest absolute Gasteiger partial charge is 0.450 e. The number of fused-ring (bicyclic) bond motifs is 2. The third kappa shape index (κ3) is 2.87. The SMILES string of the molecule is O=C1c2oc3ccc(Cl)cc3c(=O)c2C(c2cccc(Br)c2)N1c1ccccn1. The van der Waals surface area contributed by atoms with Crippen molar-refractivity contribution in [3.8, 4) is 0 Å². The summed E-state index contributed by atoms with van der Waals surface area (Å²) in [5, 5.41) is 0.765. The predicted octanol–water partition coefficient (Wildman–Crippen LogP) is 5.35. The highest BCUT2D eigenvalue weighted by Gasteiger charge is 2.44. The van der Waals surface area contributed by atoms with E-state index in [1.54, 1.807) is 42.6 Å². The minimum absolute atomic E-state index is 0.0282. The van der Waals surface area contributed by atoms with E-state index in [0.29, 0.717) is 21.8 Å². The van der Waals surface area contributed by atoms with Crippen molar-refractivity contribution in [2.45, 2.75) is 6.04 Å². The molecule has 0 radical (unpaired) electrons. The van der Waals surface area contributed by atoms with E-state index in [1.165, 1.54) is 4.90 Å². The molecular formula is C22H12BrClN2O3. The van der Waals surface area contributed by atoms with Crippen LogP contribution >= 0.6 is 27.5 Å². The lowest BCUT2D eigenvalue weighted by Gasteiger charge is -2.24. The summed E-state index contributed by atoms with van der Waals surface area (Å²) >= 11 is 9.57. The van der Waals surface area contributed by atoms with E-state index >= 15 is 0 Å². The summed E-state index contributed by atoms with van der Waals surface area (Å²) in [6.45, 7) is 0. The van der Waals surface area contributed by atoms with Crippen LogP contribution in [0.5, 0.6) is 0 Å². The van der Waals surface area contributed by atoms with Gasteiger partial charge in [0.1, 0.15) is 11.4 Å². The van der Waals surface area contributed by atoms with Gasteiger partial charge in [-0.1, -0.05) is 45.7 Å². The Bertz CT molecular complexity index is 1340. The van der Waals surface area contributed by atoms with Gasteiger partial charge >= 0.3 is 0 Å². The van der Waals surface area contributed by atoms with Gasteiger partial charge in [-0.15, -0.1) is 0 Å². The van der Waals surface area contributed by atoms with Gasteiger partial charge in [0.15, 0.2) is 5.43 Å². The molecule has 29 heavy (non-hydrogen) atoms. The normalized spacial score (nSPS) is 15.7. The van der Waals surface area contributed by atoms with Crippen molar-refractivity contribution in [1.82, 2.24) is 4.98 Å². The molecule has 4 aromatic rings. The first kappa shape index (κ1) is 18.1. The van der Waals surface area contributed by atoms with Gasteiger partial charge in [0.2, 0.25) is 5.76 Å². The zero-order valence-corrected chi connectivity index (χ0v) is 17.1. The first-order valence-corrected chi connectivity index (χ1v) is 9.98. The van der Waals surface area contributed by atoms with Crippen LogP contribution in [-0.4, -0.2) is 10.9 Å². The Labute approximate surface area is 178 Å². The van der Waals surface area contributed by atoms with Crippen LogP contribution in [0.2, 0.25) is 5.02 Å². The first-order chi connectivity index (χ1) is 14.0. The summed E-state index contributed by atoms with van der Waals surface area (Å²) in [6, 6.07) is 16.9. The average Bonchev–Trinajstić information content (AvgIpc) is 3.02. The van der Waals surface area contributed by atoms with E-state index in [4.69, 9.17) is 16.0 Å². The van der Waals surface area contributed by atoms with Gasteiger partial charge in [-0.3, -0.25) is 14.5 Å². The summed E-state index contributed by atoms with van der Waals surface area (Å²) < 4.78 is 6.73. The van der Waals surface area contributed by atoms with Crippen LogP contribution in [0.1, 0.15) is 27.7 Å². The minimum atomic E-state index is -0.662. The second-order valence-corrected chi connectivity index (χ2v) is 7.99. The number of rotatable bonds is 2. The number of carbonyl (C=O) groups excluding carboxylic acids is 1. The molecule has 1 unspecified atom stereocenters. The molecule has 0 bridgehead atoms. The topological polar surface area (TPSA) is 63.4 Å². The quantitative estimate of drug-likeness (QED) is 0.398. The van der Waals surface area contributed by atoms with Crippen molar-refractivity contribution in [3.05, 3.63) is 103 Å². The molecule has 7 heteroatoms. The molecule has 5 rings (SSSR count). The Hall–Kier alpha value is -2.96. The number of anilines is 1. The van der Waals surface area contributed by atoms with Gasteiger partial charge in [-0.25, -0.2) is 4.98 Å². The van der Waals surface area contributed by atoms with Gasteiger partial charge in [0.25, 0.3) is 5.91 Å². The number of aromatic nitrogens is 1. The molecule has 1 amide bonds. The van der Waals surface area contributed by atoms with Crippen LogP contribution in [0.25, 0.3) is 11.0 Å². The molecule has 2 aromatic heterocycles. The third-order valence-corrected chi connectivity index (χ3v) is 5.62. The molecule has 5 nitrogen and oxygen atoms in total. The van der Waals surface area contributed by atoms with Gasteiger partial charge < -0.3 is 4.42 Å². The van der Waals surface area contributed by atoms with Crippen molar-refractivity contribution >= 4 is 50.2 Å². The van der Waals surface area contributed by atoms with Crippen molar-refractivity contribution in [2.24, 2.45) is 0 Å². The smallest absolute Gasteiger partial charge is 0.296 e. The van der Waals surface area contributed by atoms with Crippen LogP contribution in [0.4, 0.5) is 5.82 Å². The number of hydrogen-bond donors (Lipinski definition) is 0. The van der Waals surface area contributed by atoms with Crippen LogP contribution < -0.4 is 10.3 Å². The predicted molar refractivity (Wildman–Crippen MR) is 115 cm³/mol. The molecule has 1 atom stereocenters. The third-order valence-electron chi connectivity index (χ3n) is 4.89. The molecule has 0 N–H and O–H groups in total. The van der Waals surface area contributed by atoms with Crippen molar-refractivity contribution < 1.29 is 9.21 Å². The standard InChI is InChI=1S/C22H12BrClN2O3/c23-13-5-3-4-12(10-13)19-18-20(27)15-11-14(24)7-8-16(15)29-21(18)22(28)26(19)17-6-1-2-9-25-17/h1-11,19H. The molecule has 0 saturated heterocycles. The number of halogens is 2. The average molecular weight is 468 g/mol. The maximum absolute atomic E-state index is 13.4. The highest BCUT2D eigenvalue weighted by Crippen LogP contribution is 2.41. The van der Waals surface area contributed by atoms with Gasteiger partial charge in [-0.05, 0) is 48.0 Å². The molecule has 0 saturated carbocycles. The maximum atomic E-state index is 13.4. The fraction of sp³-hybridized carbons (Fsp3) is 0.0455. The van der Waals surface area contributed by atoms with Crippen LogP contribution in [-0.2, 0) is 0 Å². The summed E-state index contributed by atoms with van der Waals surface area (Å²) in [7, 11) is 0. The lowest BCUT2D eigenvalue weighted by atomic mass is 9.98. The Morgan fingerprint density at radius 3 is 2.66 bits per heavy atom. The second kappa shape index (κ2) is 6.83. The fourth-order valence-corrected chi connectivity index (χ4v) is 4.26. The molecular weight excluding hydrogens is 456 g/mol. The van der Waals surface area contributed by atoms with E-state index in [-0.39, 0.29) is 16.8 Å². The minimum Gasteiger partial charge on any atom is -0.450 e. The summed E-state index contributed by atoms with van der Waals surface area (Å²) in [5.74, 6) is 0.0634. The lowest BCUT2D eigenvalue weighted by molar-refractivity contribution is 0.0970. The summed E-state index contributed by atoms with van der Waals surface area (Å²) in [6.07, 6.45) is 1.61. The number of pyridine rings is 1. The Balaban J connectivity index is 1.84. The second-order valence-electron chi connectivity index (χ2n) is 6.64. The number of carbonyl (C=O) groups is 1. The van der Waals surface area contributed by atoms with Crippen LogP contribution in [0.15, 0.2) is 80.5 Å². The van der Waals surface area contributed by atoms with E-state index in [0.717, 1.165) is 10.0 Å². The molecule has 1 aliphatic heterocycles. The van der Waals surface area contributed by atoms with Crippen molar-refractivity contribution in [1.29, 1.82) is 0 Å². The maximum Gasteiger partial charge on any atom is 0.296 e. The summed E-state index contributed by atoms with van der Waals surface area (Å²) in [4.78, 5) is 32.6.